The van der Waals surface area contributed by atoms with E-state index < -0.39 is 0 Å². The van der Waals surface area contributed by atoms with Gasteiger partial charge in [-0.05, 0) is 18.3 Å². The summed E-state index contributed by atoms with van der Waals surface area (Å²) in [6.07, 6.45) is 3.58. The Hall–Kier alpha value is 0. The fourth-order valence-corrected chi connectivity index (χ4v) is 1.09. The van der Waals surface area contributed by atoms with Gasteiger partial charge in [0.25, 0.3) is 0 Å². The predicted molar refractivity (Wildman–Crippen MR) is 38.6 cm³/mol. The molecular formula is C8H17. The second-order valence-electron chi connectivity index (χ2n) is 2.65. The molecule has 49 valence electrons. The van der Waals surface area contributed by atoms with E-state index in [9.17, 15) is 0 Å². The lowest BCUT2D eigenvalue weighted by molar-refractivity contribution is 0.425. The summed E-state index contributed by atoms with van der Waals surface area (Å²) < 4.78 is 0. The largest absolute Gasteiger partial charge is 0.0651 e. The quantitative estimate of drug-likeness (QED) is 0.528. The lowest BCUT2D eigenvalue weighted by atomic mass is 9.91. The Labute approximate surface area is 53.3 Å². The van der Waals surface area contributed by atoms with Crippen molar-refractivity contribution >= 4 is 0 Å². The van der Waals surface area contributed by atoms with Crippen LogP contribution >= 0.6 is 0 Å². The Morgan fingerprint density at radius 2 is 1.88 bits per heavy atom. The normalized spacial score (nSPS) is 11.2. The van der Waals surface area contributed by atoms with Crippen LogP contribution in [0.2, 0.25) is 0 Å². The van der Waals surface area contributed by atoms with Crippen LogP contribution in [0, 0.1) is 18.3 Å². The Morgan fingerprint density at radius 1 is 1.38 bits per heavy atom. The molecule has 1 atom stereocenters. The monoisotopic (exact) mass is 113 g/mol. The smallest absolute Gasteiger partial charge is 0.0365 e. The van der Waals surface area contributed by atoms with E-state index in [4.69, 9.17) is 0 Å². The second-order valence-corrected chi connectivity index (χ2v) is 2.65. The van der Waals surface area contributed by atoms with Gasteiger partial charge >= 0.3 is 0 Å². The molecule has 0 heterocycles. The first kappa shape index (κ1) is 8.00. The van der Waals surface area contributed by atoms with Gasteiger partial charge in [0, 0.05) is 0 Å². The topological polar surface area (TPSA) is 0 Å². The van der Waals surface area contributed by atoms with E-state index in [0.29, 0.717) is 0 Å². The molecule has 0 spiro atoms. The first-order valence-electron chi connectivity index (χ1n) is 3.51. The number of rotatable bonds is 3. The molecule has 0 aliphatic carbocycles. The van der Waals surface area contributed by atoms with Gasteiger partial charge in [-0.3, -0.25) is 0 Å². The van der Waals surface area contributed by atoms with Gasteiger partial charge in [0.2, 0.25) is 0 Å². The molecular weight excluding hydrogens is 96.1 g/mol. The summed E-state index contributed by atoms with van der Waals surface area (Å²) >= 11 is 0. The first-order chi connectivity index (χ1) is 3.72. The summed E-state index contributed by atoms with van der Waals surface area (Å²) in [5.74, 6) is 1.65. The van der Waals surface area contributed by atoms with Crippen LogP contribution in [0.3, 0.4) is 0 Å². The minimum Gasteiger partial charge on any atom is -0.0651 e. The fourth-order valence-electron chi connectivity index (χ4n) is 1.09. The van der Waals surface area contributed by atoms with Gasteiger partial charge in [-0.2, -0.15) is 0 Å². The third-order valence-electron chi connectivity index (χ3n) is 1.76. The first-order valence-corrected chi connectivity index (χ1v) is 3.51. The van der Waals surface area contributed by atoms with Gasteiger partial charge in [-0.15, -0.1) is 0 Å². The van der Waals surface area contributed by atoms with Crippen molar-refractivity contribution in [3.63, 3.8) is 0 Å². The van der Waals surface area contributed by atoms with Gasteiger partial charge in [-0.1, -0.05) is 34.1 Å². The van der Waals surface area contributed by atoms with Crippen molar-refractivity contribution in [1.82, 2.24) is 0 Å². The molecule has 0 heteroatoms. The molecule has 0 rings (SSSR count). The maximum absolute atomic E-state index is 2.30. The van der Waals surface area contributed by atoms with Crippen molar-refractivity contribution in [1.29, 1.82) is 0 Å². The van der Waals surface area contributed by atoms with Gasteiger partial charge in [0.05, 0.1) is 0 Å². The van der Waals surface area contributed by atoms with E-state index in [1.165, 1.54) is 6.42 Å². The van der Waals surface area contributed by atoms with Crippen LogP contribution < -0.4 is 0 Å². The number of hydrogen-bond donors (Lipinski definition) is 0. The summed E-state index contributed by atoms with van der Waals surface area (Å²) in [7, 11) is 0. The molecule has 0 aromatic heterocycles. The third-order valence-corrected chi connectivity index (χ3v) is 1.76. The van der Waals surface area contributed by atoms with Crippen LogP contribution in [0.5, 0.6) is 0 Å². The predicted octanol–water partition coefficient (Wildman–Crippen LogP) is 2.89. The van der Waals surface area contributed by atoms with Gasteiger partial charge < -0.3 is 0 Å². The molecule has 0 aliphatic rings. The molecule has 0 saturated heterocycles. The highest BCUT2D eigenvalue weighted by Crippen LogP contribution is 2.16. The standard InChI is InChI=1S/C8H17/c1-5-8(6-2)7(3)4/h5,7-8H,6H2,1-4H3. The fraction of sp³-hybridized carbons (Fsp3) is 0.875. The molecule has 0 bridgehead atoms. The van der Waals surface area contributed by atoms with Crippen molar-refractivity contribution in [3.05, 3.63) is 6.42 Å². The van der Waals surface area contributed by atoms with Crippen LogP contribution in [0.4, 0.5) is 0 Å². The minimum atomic E-state index is 0.824. The minimum absolute atomic E-state index is 0.824. The maximum atomic E-state index is 2.30. The summed E-state index contributed by atoms with van der Waals surface area (Å²) in [4.78, 5) is 0. The molecule has 0 N–H and O–H groups in total. The molecule has 0 aromatic rings. The molecule has 1 unspecified atom stereocenters. The van der Waals surface area contributed by atoms with Crippen LogP contribution in [0.25, 0.3) is 0 Å². The Kier molecular flexibility index (Phi) is 3.94. The van der Waals surface area contributed by atoms with E-state index in [0.717, 1.165) is 11.8 Å². The van der Waals surface area contributed by atoms with E-state index in [-0.39, 0.29) is 0 Å². The van der Waals surface area contributed by atoms with Crippen molar-refractivity contribution < 1.29 is 0 Å². The van der Waals surface area contributed by atoms with Crippen molar-refractivity contribution in [3.8, 4) is 0 Å². The van der Waals surface area contributed by atoms with Crippen molar-refractivity contribution in [2.24, 2.45) is 11.8 Å². The zero-order valence-electron chi connectivity index (χ0n) is 6.44. The Balaban J connectivity index is 3.35. The maximum Gasteiger partial charge on any atom is -0.0365 e. The molecule has 0 fully saturated rings. The highest BCUT2D eigenvalue weighted by molar-refractivity contribution is 4.72. The number of hydrogen-bond acceptors (Lipinski definition) is 0. The average molecular weight is 113 g/mol. The van der Waals surface area contributed by atoms with E-state index in [1.54, 1.807) is 0 Å². The van der Waals surface area contributed by atoms with Gasteiger partial charge in [0.1, 0.15) is 0 Å². The highest BCUT2D eigenvalue weighted by Gasteiger charge is 2.06. The molecule has 0 nitrogen and oxygen atoms in total. The Bertz CT molecular complexity index is 42.0. The third kappa shape index (κ3) is 2.34. The van der Waals surface area contributed by atoms with Crippen LogP contribution in [0.15, 0.2) is 0 Å². The van der Waals surface area contributed by atoms with E-state index >= 15 is 0 Å². The second kappa shape index (κ2) is 3.94. The SMILES string of the molecule is C[CH]C(CC)C(C)C. The Morgan fingerprint density at radius 3 is 1.88 bits per heavy atom. The molecule has 8 heavy (non-hydrogen) atoms. The zero-order valence-corrected chi connectivity index (χ0v) is 6.44. The lowest BCUT2D eigenvalue weighted by Crippen LogP contribution is -2.05. The van der Waals surface area contributed by atoms with Gasteiger partial charge in [-0.25, -0.2) is 0 Å². The van der Waals surface area contributed by atoms with Crippen molar-refractivity contribution in [2.75, 3.05) is 0 Å². The van der Waals surface area contributed by atoms with Crippen LogP contribution in [-0.4, -0.2) is 0 Å². The van der Waals surface area contributed by atoms with E-state index in [2.05, 4.69) is 34.1 Å². The molecule has 0 saturated carbocycles. The lowest BCUT2D eigenvalue weighted by Gasteiger charge is -2.15. The highest BCUT2D eigenvalue weighted by atomic mass is 14.1. The molecule has 0 amide bonds. The average Bonchev–Trinajstić information content (AvgIpc) is 1.69. The molecule has 0 aromatic carbocycles. The summed E-state index contributed by atoms with van der Waals surface area (Å²) in [6, 6.07) is 0. The van der Waals surface area contributed by atoms with Crippen molar-refractivity contribution in [2.45, 2.75) is 34.1 Å². The zero-order chi connectivity index (χ0) is 6.57. The summed E-state index contributed by atoms with van der Waals surface area (Å²) in [5, 5.41) is 0. The summed E-state index contributed by atoms with van der Waals surface area (Å²) in [5.41, 5.74) is 0. The van der Waals surface area contributed by atoms with E-state index in [1.807, 2.05) is 0 Å². The van der Waals surface area contributed by atoms with Crippen LogP contribution in [0.1, 0.15) is 34.1 Å². The summed E-state index contributed by atoms with van der Waals surface area (Å²) in [6.45, 7) is 8.93. The van der Waals surface area contributed by atoms with Crippen LogP contribution in [-0.2, 0) is 0 Å². The molecule has 0 aliphatic heterocycles. The van der Waals surface area contributed by atoms with Gasteiger partial charge in [0.15, 0.2) is 0 Å². The molecule has 1 radical (unpaired) electrons.